The van der Waals surface area contributed by atoms with Gasteiger partial charge in [0.25, 0.3) is 5.91 Å². The molecule has 21 heavy (non-hydrogen) atoms. The van der Waals surface area contributed by atoms with Crippen molar-refractivity contribution in [3.8, 4) is 0 Å². The Hall–Kier alpha value is -2.37. The van der Waals surface area contributed by atoms with Crippen LogP contribution in [0.2, 0.25) is 0 Å². The summed E-state index contributed by atoms with van der Waals surface area (Å²) in [6.45, 7) is 6.69. The molecule has 0 aliphatic carbocycles. The third-order valence-corrected chi connectivity index (χ3v) is 3.05. The van der Waals surface area contributed by atoms with Gasteiger partial charge in [0.1, 0.15) is 11.6 Å². The average Bonchev–Trinajstić information content (AvgIpc) is 2.98. The fraction of sp³-hybridized carbons (Fsp3) is 0.400. The first-order valence-corrected chi connectivity index (χ1v) is 7.13. The van der Waals surface area contributed by atoms with Gasteiger partial charge in [-0.1, -0.05) is 6.92 Å². The number of imidazole rings is 1. The van der Waals surface area contributed by atoms with Crippen molar-refractivity contribution in [3.05, 3.63) is 41.6 Å². The lowest BCUT2D eigenvalue weighted by atomic mass is 10.2. The number of hydrogen-bond donors (Lipinski definition) is 3. The Morgan fingerprint density at radius 3 is 2.90 bits per heavy atom. The molecule has 112 valence electrons. The Bertz CT molecular complexity index is 594. The van der Waals surface area contributed by atoms with Crippen LogP contribution >= 0.6 is 0 Å². The summed E-state index contributed by atoms with van der Waals surface area (Å²) >= 11 is 0. The van der Waals surface area contributed by atoms with Crippen LogP contribution in [0.3, 0.4) is 0 Å². The zero-order chi connectivity index (χ0) is 15.2. The number of aromatic amines is 1. The van der Waals surface area contributed by atoms with Crippen LogP contribution < -0.4 is 10.6 Å². The van der Waals surface area contributed by atoms with Crippen LogP contribution in [-0.4, -0.2) is 27.4 Å². The van der Waals surface area contributed by atoms with E-state index in [1.165, 1.54) is 0 Å². The standard InChI is InChI=1S/C15H21N5O/c1-4-5-16-13-9-12(8-10(2)19-13)15(21)20-11(3)14-17-6-7-18-14/h6-9,11H,4-5H2,1-3H3,(H,16,19)(H,17,18)(H,20,21). The molecule has 0 saturated carbocycles. The molecule has 0 aliphatic rings. The minimum Gasteiger partial charge on any atom is -0.370 e. The Labute approximate surface area is 124 Å². The number of nitrogens with zero attached hydrogens (tertiary/aromatic N) is 2. The molecule has 0 spiro atoms. The van der Waals surface area contributed by atoms with Crippen molar-refractivity contribution in [1.29, 1.82) is 0 Å². The number of rotatable bonds is 6. The number of pyridine rings is 1. The average molecular weight is 287 g/mol. The highest BCUT2D eigenvalue weighted by Crippen LogP contribution is 2.12. The zero-order valence-corrected chi connectivity index (χ0v) is 12.6. The molecule has 6 heteroatoms. The van der Waals surface area contributed by atoms with Gasteiger partial charge in [0.05, 0.1) is 6.04 Å². The maximum atomic E-state index is 12.3. The predicted octanol–water partition coefficient (Wildman–Crippen LogP) is 2.43. The number of amides is 1. The molecule has 0 saturated heterocycles. The topological polar surface area (TPSA) is 82.7 Å². The Morgan fingerprint density at radius 1 is 1.43 bits per heavy atom. The van der Waals surface area contributed by atoms with E-state index in [2.05, 4.69) is 32.5 Å². The van der Waals surface area contributed by atoms with Crippen molar-refractivity contribution < 1.29 is 4.79 Å². The van der Waals surface area contributed by atoms with Gasteiger partial charge in [0, 0.05) is 30.2 Å². The van der Waals surface area contributed by atoms with E-state index in [-0.39, 0.29) is 11.9 Å². The Morgan fingerprint density at radius 2 is 2.24 bits per heavy atom. The fourth-order valence-corrected chi connectivity index (χ4v) is 2.01. The smallest absolute Gasteiger partial charge is 0.252 e. The van der Waals surface area contributed by atoms with Gasteiger partial charge in [-0.2, -0.15) is 0 Å². The van der Waals surface area contributed by atoms with Gasteiger partial charge in [-0.3, -0.25) is 4.79 Å². The third kappa shape index (κ3) is 4.05. The highest BCUT2D eigenvalue weighted by Gasteiger charge is 2.14. The van der Waals surface area contributed by atoms with Crippen molar-refractivity contribution >= 4 is 11.7 Å². The van der Waals surface area contributed by atoms with Crippen molar-refractivity contribution in [1.82, 2.24) is 20.3 Å². The number of H-pyrrole nitrogens is 1. The summed E-state index contributed by atoms with van der Waals surface area (Å²) < 4.78 is 0. The van der Waals surface area contributed by atoms with Crippen LogP contribution in [0, 0.1) is 6.92 Å². The summed E-state index contributed by atoms with van der Waals surface area (Å²) in [7, 11) is 0. The van der Waals surface area contributed by atoms with Crippen molar-refractivity contribution in [3.63, 3.8) is 0 Å². The third-order valence-electron chi connectivity index (χ3n) is 3.05. The highest BCUT2D eigenvalue weighted by molar-refractivity contribution is 5.95. The van der Waals surface area contributed by atoms with Crippen LogP contribution in [0.1, 0.15) is 48.2 Å². The molecule has 3 N–H and O–H groups in total. The van der Waals surface area contributed by atoms with Gasteiger partial charge in [0.2, 0.25) is 0 Å². The van der Waals surface area contributed by atoms with Gasteiger partial charge in [-0.15, -0.1) is 0 Å². The molecule has 2 aromatic heterocycles. The van der Waals surface area contributed by atoms with Gasteiger partial charge >= 0.3 is 0 Å². The van der Waals surface area contributed by atoms with Crippen molar-refractivity contribution in [2.75, 3.05) is 11.9 Å². The number of aryl methyl sites for hydroxylation is 1. The molecular formula is C15H21N5O. The van der Waals surface area contributed by atoms with E-state index in [4.69, 9.17) is 0 Å². The van der Waals surface area contributed by atoms with Gasteiger partial charge < -0.3 is 15.6 Å². The Balaban J connectivity index is 2.09. The van der Waals surface area contributed by atoms with E-state index in [0.29, 0.717) is 5.56 Å². The molecule has 0 bridgehead atoms. The molecule has 0 aromatic carbocycles. The molecule has 2 aromatic rings. The molecule has 1 unspecified atom stereocenters. The fourth-order valence-electron chi connectivity index (χ4n) is 2.01. The number of carbonyl (C=O) groups excluding carboxylic acids is 1. The van der Waals surface area contributed by atoms with E-state index < -0.39 is 0 Å². The lowest BCUT2D eigenvalue weighted by Gasteiger charge is -2.13. The molecule has 2 heterocycles. The highest BCUT2D eigenvalue weighted by atomic mass is 16.1. The molecule has 1 atom stereocenters. The van der Waals surface area contributed by atoms with Crippen molar-refractivity contribution in [2.24, 2.45) is 0 Å². The summed E-state index contributed by atoms with van der Waals surface area (Å²) in [5, 5.41) is 6.12. The number of nitrogens with one attached hydrogen (secondary N) is 3. The maximum Gasteiger partial charge on any atom is 0.252 e. The summed E-state index contributed by atoms with van der Waals surface area (Å²) in [5.74, 6) is 1.33. The van der Waals surface area contributed by atoms with Crippen LogP contribution in [0.25, 0.3) is 0 Å². The SMILES string of the molecule is CCCNc1cc(C(=O)NC(C)c2ncc[nH]2)cc(C)n1. The van der Waals surface area contributed by atoms with Crippen molar-refractivity contribution in [2.45, 2.75) is 33.2 Å². The second-order valence-electron chi connectivity index (χ2n) is 4.98. The van der Waals surface area contributed by atoms with Gasteiger partial charge in [-0.25, -0.2) is 9.97 Å². The van der Waals surface area contributed by atoms with Crippen LogP contribution in [0.4, 0.5) is 5.82 Å². The molecule has 0 fully saturated rings. The van der Waals surface area contributed by atoms with Crippen LogP contribution in [-0.2, 0) is 0 Å². The maximum absolute atomic E-state index is 12.3. The summed E-state index contributed by atoms with van der Waals surface area (Å²) in [6, 6.07) is 3.38. The van der Waals surface area contributed by atoms with Crippen LogP contribution in [0.5, 0.6) is 0 Å². The summed E-state index contributed by atoms with van der Waals surface area (Å²) in [5.41, 5.74) is 1.41. The number of anilines is 1. The lowest BCUT2D eigenvalue weighted by Crippen LogP contribution is -2.27. The lowest BCUT2D eigenvalue weighted by molar-refractivity contribution is 0.0938. The van der Waals surface area contributed by atoms with Gasteiger partial charge in [-0.05, 0) is 32.4 Å². The van der Waals surface area contributed by atoms with E-state index in [1.807, 2.05) is 13.8 Å². The number of carbonyl (C=O) groups is 1. The summed E-state index contributed by atoms with van der Waals surface area (Å²) in [4.78, 5) is 23.8. The largest absolute Gasteiger partial charge is 0.370 e. The molecular weight excluding hydrogens is 266 g/mol. The monoisotopic (exact) mass is 287 g/mol. The quantitative estimate of drug-likeness (QED) is 0.762. The molecule has 0 radical (unpaired) electrons. The first-order chi connectivity index (χ1) is 10.1. The van der Waals surface area contributed by atoms with Gasteiger partial charge in [0.15, 0.2) is 0 Å². The first kappa shape index (κ1) is 15.0. The van der Waals surface area contributed by atoms with E-state index in [9.17, 15) is 4.79 Å². The minimum atomic E-state index is -0.173. The second kappa shape index (κ2) is 6.88. The van der Waals surface area contributed by atoms with E-state index in [0.717, 1.165) is 30.3 Å². The molecule has 6 nitrogen and oxygen atoms in total. The molecule has 2 rings (SSSR count). The number of hydrogen-bond acceptors (Lipinski definition) is 4. The van der Waals surface area contributed by atoms with Crippen LogP contribution in [0.15, 0.2) is 24.5 Å². The molecule has 0 aliphatic heterocycles. The number of aromatic nitrogens is 3. The Kier molecular flexibility index (Phi) is 4.92. The minimum absolute atomic E-state index is 0.135. The summed E-state index contributed by atoms with van der Waals surface area (Å²) in [6.07, 6.45) is 4.41. The predicted molar refractivity (Wildman–Crippen MR) is 82.2 cm³/mol. The van der Waals surface area contributed by atoms with E-state index in [1.54, 1.807) is 24.5 Å². The molecule has 1 amide bonds. The second-order valence-corrected chi connectivity index (χ2v) is 4.98. The first-order valence-electron chi connectivity index (χ1n) is 7.13. The van der Waals surface area contributed by atoms with E-state index >= 15 is 0 Å². The zero-order valence-electron chi connectivity index (χ0n) is 12.6. The normalized spacial score (nSPS) is 12.0.